The molecule has 2 aromatic carbocycles. The first-order chi connectivity index (χ1) is 14.6. The molecule has 2 aromatic rings. The maximum Gasteiger partial charge on any atom is 0.491 e. The number of nitrogens with two attached hydrogens (primary N) is 1. The largest absolute Gasteiger partial charge is 0.491 e. The predicted octanol–water partition coefficient (Wildman–Crippen LogP) is 3.34. The number of esters is 1. The molecule has 1 saturated heterocycles. The van der Waals surface area contributed by atoms with Gasteiger partial charge in [-0.2, -0.15) is 13.2 Å². The number of carbonyl (C=O) groups is 2. The minimum atomic E-state index is -5.19. The lowest BCUT2D eigenvalue weighted by atomic mass is 9.85. The van der Waals surface area contributed by atoms with Crippen molar-refractivity contribution in [1.29, 1.82) is 0 Å². The second-order valence-corrected chi connectivity index (χ2v) is 7.73. The second-order valence-electron chi connectivity index (χ2n) is 7.73. The standard InChI is InChI=1S/C22H23F3N2O4/c23-22(24,25)20(29)31-19-12-16(6-7-17(19)26)18(28)13-21(30)8-10-27(11-9-21)14-15-4-2-1-3-5-15/h1-7,12,30H,8-11,13-14,26H2. The monoisotopic (exact) mass is 436 g/mol. The van der Waals surface area contributed by atoms with Crippen LogP contribution in [0.25, 0.3) is 0 Å². The molecule has 6 nitrogen and oxygen atoms in total. The van der Waals surface area contributed by atoms with Crippen LogP contribution in [-0.4, -0.2) is 46.6 Å². The maximum absolute atomic E-state index is 12.7. The number of likely N-dealkylation sites (tertiary alicyclic amines) is 1. The van der Waals surface area contributed by atoms with Crippen molar-refractivity contribution in [2.75, 3.05) is 18.8 Å². The zero-order chi connectivity index (χ0) is 22.6. The first kappa shape index (κ1) is 22.8. The summed E-state index contributed by atoms with van der Waals surface area (Å²) in [6.07, 6.45) is -4.61. The molecular weight excluding hydrogens is 413 g/mol. The summed E-state index contributed by atoms with van der Waals surface area (Å²) in [6, 6.07) is 13.4. The fraction of sp³-hybridized carbons (Fsp3) is 0.364. The lowest BCUT2D eigenvalue weighted by Gasteiger charge is -2.38. The van der Waals surface area contributed by atoms with Crippen LogP contribution in [-0.2, 0) is 11.3 Å². The Bertz CT molecular complexity index is 940. The van der Waals surface area contributed by atoms with Crippen molar-refractivity contribution >= 4 is 17.4 Å². The third kappa shape index (κ3) is 6.05. The highest BCUT2D eigenvalue weighted by atomic mass is 19.4. The molecule has 0 aromatic heterocycles. The van der Waals surface area contributed by atoms with Crippen molar-refractivity contribution in [1.82, 2.24) is 4.90 Å². The van der Waals surface area contributed by atoms with Gasteiger partial charge in [-0.3, -0.25) is 9.69 Å². The maximum atomic E-state index is 12.7. The fourth-order valence-electron chi connectivity index (χ4n) is 3.50. The van der Waals surface area contributed by atoms with E-state index in [1.807, 2.05) is 30.3 Å². The first-order valence-corrected chi connectivity index (χ1v) is 9.76. The van der Waals surface area contributed by atoms with Gasteiger partial charge in [0.2, 0.25) is 0 Å². The molecule has 0 spiro atoms. The van der Waals surface area contributed by atoms with Crippen molar-refractivity contribution in [3.8, 4) is 5.75 Å². The van der Waals surface area contributed by atoms with Crippen LogP contribution in [0.5, 0.6) is 5.75 Å². The summed E-state index contributed by atoms with van der Waals surface area (Å²) in [6.45, 7) is 1.96. The van der Waals surface area contributed by atoms with Gasteiger partial charge < -0.3 is 15.6 Å². The lowest BCUT2D eigenvalue weighted by molar-refractivity contribution is -0.189. The SMILES string of the molecule is Nc1ccc(C(=O)CC2(O)CCN(Cc3ccccc3)CC2)cc1OC(=O)C(F)(F)F. The summed E-state index contributed by atoms with van der Waals surface area (Å²) >= 11 is 0. The number of rotatable bonds is 6. The van der Waals surface area contributed by atoms with Crippen LogP contribution >= 0.6 is 0 Å². The number of piperidine rings is 1. The van der Waals surface area contributed by atoms with Crippen molar-refractivity contribution < 1.29 is 32.6 Å². The molecule has 0 atom stereocenters. The molecule has 3 rings (SSSR count). The van der Waals surface area contributed by atoms with Crippen molar-refractivity contribution in [2.24, 2.45) is 0 Å². The molecule has 0 saturated carbocycles. The van der Waals surface area contributed by atoms with E-state index in [2.05, 4.69) is 9.64 Å². The van der Waals surface area contributed by atoms with Gasteiger partial charge in [0.05, 0.1) is 11.3 Å². The van der Waals surface area contributed by atoms with Gasteiger partial charge in [0.1, 0.15) is 0 Å². The number of aliphatic hydroxyl groups is 1. The molecule has 0 amide bonds. The number of nitrogen functional groups attached to an aromatic ring is 1. The van der Waals surface area contributed by atoms with Crippen LogP contribution in [0.3, 0.4) is 0 Å². The Morgan fingerprint density at radius 2 is 1.74 bits per heavy atom. The van der Waals surface area contributed by atoms with Gasteiger partial charge in [0.15, 0.2) is 11.5 Å². The van der Waals surface area contributed by atoms with Crippen LogP contribution in [0, 0.1) is 0 Å². The minimum absolute atomic E-state index is 0.0133. The summed E-state index contributed by atoms with van der Waals surface area (Å²) < 4.78 is 41.6. The Balaban J connectivity index is 1.61. The summed E-state index contributed by atoms with van der Waals surface area (Å²) in [5.41, 5.74) is 5.31. The van der Waals surface area contributed by atoms with E-state index in [9.17, 15) is 27.9 Å². The Morgan fingerprint density at radius 1 is 1.10 bits per heavy atom. The topological polar surface area (TPSA) is 92.9 Å². The zero-order valence-electron chi connectivity index (χ0n) is 16.7. The van der Waals surface area contributed by atoms with E-state index < -0.39 is 29.3 Å². The average Bonchev–Trinajstić information content (AvgIpc) is 2.71. The Hall–Kier alpha value is -2.91. The van der Waals surface area contributed by atoms with Crippen molar-refractivity contribution in [3.63, 3.8) is 0 Å². The molecule has 166 valence electrons. The number of nitrogens with zero attached hydrogens (tertiary/aromatic N) is 1. The second kappa shape index (κ2) is 9.07. The van der Waals surface area contributed by atoms with E-state index >= 15 is 0 Å². The lowest BCUT2D eigenvalue weighted by Crippen LogP contribution is -2.45. The first-order valence-electron chi connectivity index (χ1n) is 9.76. The van der Waals surface area contributed by atoms with Gasteiger partial charge in [-0.1, -0.05) is 30.3 Å². The fourth-order valence-corrected chi connectivity index (χ4v) is 3.50. The number of Topliss-reactive ketones (excluding diaryl/α,β-unsaturated/α-hetero) is 1. The van der Waals surface area contributed by atoms with Crippen molar-refractivity contribution in [2.45, 2.75) is 37.6 Å². The molecule has 0 radical (unpaired) electrons. The molecule has 1 fully saturated rings. The quantitative estimate of drug-likeness (QED) is 0.312. The number of carbonyl (C=O) groups excluding carboxylic acids is 2. The molecule has 3 N–H and O–H groups in total. The molecule has 1 aliphatic heterocycles. The van der Waals surface area contributed by atoms with Gasteiger partial charge in [-0.15, -0.1) is 0 Å². The molecule has 1 aliphatic rings. The highest BCUT2D eigenvalue weighted by Crippen LogP contribution is 2.31. The molecule has 0 unspecified atom stereocenters. The summed E-state index contributed by atoms with van der Waals surface area (Å²) in [5, 5.41) is 10.9. The van der Waals surface area contributed by atoms with Gasteiger partial charge in [-0.05, 0) is 36.6 Å². The smallest absolute Gasteiger partial charge is 0.418 e. The highest BCUT2D eigenvalue weighted by Gasteiger charge is 2.42. The third-order valence-electron chi connectivity index (χ3n) is 5.30. The number of anilines is 1. The van der Waals surface area contributed by atoms with E-state index in [-0.39, 0.29) is 17.7 Å². The van der Waals surface area contributed by atoms with Crippen LogP contribution in [0.15, 0.2) is 48.5 Å². The number of ether oxygens (including phenoxy) is 1. The van der Waals surface area contributed by atoms with Crippen LogP contribution < -0.4 is 10.5 Å². The minimum Gasteiger partial charge on any atom is -0.418 e. The van der Waals surface area contributed by atoms with E-state index in [1.165, 1.54) is 12.1 Å². The third-order valence-corrected chi connectivity index (χ3v) is 5.30. The van der Waals surface area contributed by atoms with E-state index in [4.69, 9.17) is 5.73 Å². The molecule has 9 heteroatoms. The molecule has 1 heterocycles. The van der Waals surface area contributed by atoms with Crippen molar-refractivity contribution in [3.05, 3.63) is 59.7 Å². The number of halogens is 3. The Labute approximate surface area is 177 Å². The van der Waals surface area contributed by atoms with Crippen LogP contribution in [0.2, 0.25) is 0 Å². The number of benzene rings is 2. The zero-order valence-corrected chi connectivity index (χ0v) is 16.7. The van der Waals surface area contributed by atoms with Gasteiger partial charge in [0, 0.05) is 31.6 Å². The number of ketones is 1. The van der Waals surface area contributed by atoms with E-state index in [0.29, 0.717) is 25.9 Å². The molecule has 0 bridgehead atoms. The average molecular weight is 436 g/mol. The number of alkyl halides is 3. The Kier molecular flexibility index (Phi) is 6.66. The van der Waals surface area contributed by atoms with Gasteiger partial charge in [-0.25, -0.2) is 4.79 Å². The molecule has 0 aliphatic carbocycles. The van der Waals surface area contributed by atoms with Crippen LogP contribution in [0.4, 0.5) is 18.9 Å². The number of hydrogen-bond acceptors (Lipinski definition) is 6. The highest BCUT2D eigenvalue weighted by molar-refractivity contribution is 5.98. The van der Waals surface area contributed by atoms with E-state index in [0.717, 1.165) is 18.2 Å². The van der Waals surface area contributed by atoms with E-state index in [1.54, 1.807) is 0 Å². The number of hydrogen-bond donors (Lipinski definition) is 2. The van der Waals surface area contributed by atoms with Crippen LogP contribution in [0.1, 0.15) is 35.2 Å². The summed E-state index contributed by atoms with van der Waals surface area (Å²) in [4.78, 5) is 25.9. The Morgan fingerprint density at radius 3 is 2.35 bits per heavy atom. The summed E-state index contributed by atoms with van der Waals surface area (Å²) in [5.74, 6) is -3.44. The normalized spacial score (nSPS) is 16.6. The predicted molar refractivity (Wildman–Crippen MR) is 107 cm³/mol. The van der Waals surface area contributed by atoms with Gasteiger partial charge >= 0.3 is 12.1 Å². The summed E-state index contributed by atoms with van der Waals surface area (Å²) in [7, 11) is 0. The molecule has 31 heavy (non-hydrogen) atoms. The molecular formula is C22H23F3N2O4. The van der Waals surface area contributed by atoms with Gasteiger partial charge in [0.25, 0.3) is 0 Å².